The van der Waals surface area contributed by atoms with Crippen molar-refractivity contribution in [1.29, 1.82) is 0 Å². The molecule has 2 aliphatic heterocycles. The summed E-state index contributed by atoms with van der Waals surface area (Å²) in [5.74, 6) is 0.0953. The lowest BCUT2D eigenvalue weighted by Gasteiger charge is -2.38. The van der Waals surface area contributed by atoms with Gasteiger partial charge in [0.2, 0.25) is 5.91 Å². The molecule has 6 heteroatoms. The van der Waals surface area contributed by atoms with Crippen LogP contribution in [0.5, 0.6) is 0 Å². The second-order valence-corrected chi connectivity index (χ2v) is 7.16. The Kier molecular flexibility index (Phi) is 4.41. The molecule has 2 fully saturated rings. The molecule has 0 aliphatic carbocycles. The Morgan fingerprint density at radius 2 is 1.92 bits per heavy atom. The summed E-state index contributed by atoms with van der Waals surface area (Å²) in [6.07, 6.45) is 7.64. The number of rotatable bonds is 3. The van der Waals surface area contributed by atoms with Gasteiger partial charge >= 0.3 is 0 Å². The molecule has 4 rings (SSSR count). The van der Waals surface area contributed by atoms with E-state index in [0.29, 0.717) is 25.3 Å². The number of hydrogen-bond donors (Lipinski definition) is 0. The zero-order valence-corrected chi connectivity index (χ0v) is 14.7. The van der Waals surface area contributed by atoms with Gasteiger partial charge in [0.25, 0.3) is 5.91 Å². The fraction of sp³-hybridized carbons (Fsp3) is 0.400. The van der Waals surface area contributed by atoms with Crippen molar-refractivity contribution in [3.05, 3.63) is 60.2 Å². The number of amides is 2. The van der Waals surface area contributed by atoms with Crippen LogP contribution in [0, 0.1) is 5.41 Å². The maximum atomic E-state index is 13.1. The maximum absolute atomic E-state index is 13.1. The second-order valence-electron chi connectivity index (χ2n) is 7.16. The van der Waals surface area contributed by atoms with Crippen molar-refractivity contribution in [3.63, 3.8) is 0 Å². The van der Waals surface area contributed by atoms with Crippen LogP contribution in [0.3, 0.4) is 0 Å². The molecule has 0 radical (unpaired) electrons. The number of hydrogen-bond acceptors (Lipinski definition) is 4. The molecule has 2 aromatic heterocycles. The van der Waals surface area contributed by atoms with Gasteiger partial charge in [0, 0.05) is 44.8 Å². The predicted octanol–water partition coefficient (Wildman–Crippen LogP) is 2.13. The minimum absolute atomic E-state index is 0.0786. The molecule has 4 heterocycles. The summed E-state index contributed by atoms with van der Waals surface area (Å²) in [4.78, 5) is 37.8. The molecule has 26 heavy (non-hydrogen) atoms. The highest BCUT2D eigenvalue weighted by atomic mass is 16.2. The average molecular weight is 350 g/mol. The highest BCUT2D eigenvalue weighted by Gasteiger charge is 2.49. The van der Waals surface area contributed by atoms with E-state index in [1.165, 1.54) is 0 Å². The van der Waals surface area contributed by atoms with Gasteiger partial charge in [-0.25, -0.2) is 0 Å². The van der Waals surface area contributed by atoms with Crippen LogP contribution in [-0.4, -0.2) is 51.2 Å². The first-order valence-electron chi connectivity index (χ1n) is 9.07. The Balaban J connectivity index is 1.48. The molecule has 6 nitrogen and oxygen atoms in total. The summed E-state index contributed by atoms with van der Waals surface area (Å²) in [6, 6.07) is 9.23. The van der Waals surface area contributed by atoms with Crippen molar-refractivity contribution in [2.45, 2.75) is 25.8 Å². The van der Waals surface area contributed by atoms with E-state index in [4.69, 9.17) is 0 Å². The number of pyridine rings is 2. The van der Waals surface area contributed by atoms with E-state index in [0.717, 1.165) is 31.4 Å². The normalized spacial score (nSPS) is 22.8. The molecule has 0 aromatic carbocycles. The fourth-order valence-corrected chi connectivity index (χ4v) is 4.09. The van der Waals surface area contributed by atoms with Gasteiger partial charge in [-0.3, -0.25) is 19.6 Å². The summed E-state index contributed by atoms with van der Waals surface area (Å²) in [5, 5.41) is 0. The van der Waals surface area contributed by atoms with E-state index >= 15 is 0 Å². The van der Waals surface area contributed by atoms with Crippen molar-refractivity contribution in [2.24, 2.45) is 5.41 Å². The first kappa shape index (κ1) is 16.7. The fourth-order valence-electron chi connectivity index (χ4n) is 4.09. The average Bonchev–Trinajstić information content (AvgIpc) is 2.98. The smallest absolute Gasteiger partial charge is 0.272 e. The van der Waals surface area contributed by atoms with Gasteiger partial charge in [0.1, 0.15) is 5.69 Å². The molecule has 2 aliphatic rings. The van der Waals surface area contributed by atoms with E-state index in [9.17, 15) is 9.59 Å². The van der Waals surface area contributed by atoms with Gasteiger partial charge in [-0.15, -0.1) is 0 Å². The van der Waals surface area contributed by atoms with Gasteiger partial charge < -0.3 is 9.80 Å². The van der Waals surface area contributed by atoms with Gasteiger partial charge in [-0.2, -0.15) is 0 Å². The summed E-state index contributed by atoms with van der Waals surface area (Å²) in [7, 11) is 0. The quantitative estimate of drug-likeness (QED) is 0.851. The summed E-state index contributed by atoms with van der Waals surface area (Å²) in [5.41, 5.74) is 1.10. The summed E-state index contributed by atoms with van der Waals surface area (Å²) in [6.45, 7) is 2.53. The van der Waals surface area contributed by atoms with Gasteiger partial charge in [-0.1, -0.05) is 6.07 Å². The lowest BCUT2D eigenvalue weighted by Crippen LogP contribution is -2.49. The largest absolute Gasteiger partial charge is 0.338 e. The van der Waals surface area contributed by atoms with Crippen LogP contribution in [0.2, 0.25) is 0 Å². The van der Waals surface area contributed by atoms with Crippen LogP contribution in [0.1, 0.15) is 35.3 Å². The molecular weight excluding hydrogens is 328 g/mol. The highest BCUT2D eigenvalue weighted by molar-refractivity contribution is 5.93. The molecule has 134 valence electrons. The molecule has 1 atom stereocenters. The minimum Gasteiger partial charge on any atom is -0.338 e. The van der Waals surface area contributed by atoms with Crippen LogP contribution >= 0.6 is 0 Å². The molecular formula is C20H22N4O2. The Morgan fingerprint density at radius 1 is 1.08 bits per heavy atom. The van der Waals surface area contributed by atoms with Crippen LogP contribution in [0.25, 0.3) is 0 Å². The van der Waals surface area contributed by atoms with Crippen LogP contribution in [-0.2, 0) is 11.3 Å². The molecule has 0 unspecified atom stereocenters. The third kappa shape index (κ3) is 3.07. The van der Waals surface area contributed by atoms with E-state index < -0.39 is 5.41 Å². The number of piperidine rings is 1. The molecule has 1 spiro atoms. The van der Waals surface area contributed by atoms with Crippen LogP contribution < -0.4 is 0 Å². The molecule has 0 bridgehead atoms. The Bertz CT molecular complexity index is 796. The van der Waals surface area contributed by atoms with Crippen LogP contribution in [0.15, 0.2) is 48.9 Å². The van der Waals surface area contributed by atoms with Gasteiger partial charge in [0.15, 0.2) is 0 Å². The standard InChI is InChI=1S/C20H22N4O2/c25-18(17-4-1-2-9-22-17)24-12-3-7-20(15-24)8-13-23(19(20)26)14-16-5-10-21-11-6-16/h1-2,4-6,9-11H,3,7-8,12-15H2/t20-/m1/s1. The third-order valence-corrected chi connectivity index (χ3v) is 5.47. The first-order valence-corrected chi connectivity index (χ1v) is 9.07. The zero-order valence-electron chi connectivity index (χ0n) is 14.7. The lowest BCUT2D eigenvalue weighted by atomic mass is 9.78. The third-order valence-electron chi connectivity index (χ3n) is 5.47. The summed E-state index contributed by atoms with van der Waals surface area (Å²) >= 11 is 0. The lowest BCUT2D eigenvalue weighted by molar-refractivity contribution is -0.138. The van der Waals surface area contributed by atoms with E-state index in [1.807, 2.05) is 23.1 Å². The van der Waals surface area contributed by atoms with E-state index in [1.54, 1.807) is 35.6 Å². The van der Waals surface area contributed by atoms with E-state index in [-0.39, 0.29) is 11.8 Å². The molecule has 0 saturated carbocycles. The van der Waals surface area contributed by atoms with Gasteiger partial charge in [0.05, 0.1) is 5.41 Å². The highest BCUT2D eigenvalue weighted by Crippen LogP contribution is 2.40. The van der Waals surface area contributed by atoms with Crippen molar-refractivity contribution in [2.75, 3.05) is 19.6 Å². The van der Waals surface area contributed by atoms with Crippen LogP contribution in [0.4, 0.5) is 0 Å². The van der Waals surface area contributed by atoms with Crippen molar-refractivity contribution in [1.82, 2.24) is 19.8 Å². The van der Waals surface area contributed by atoms with Crippen molar-refractivity contribution in [3.8, 4) is 0 Å². The van der Waals surface area contributed by atoms with Gasteiger partial charge in [-0.05, 0) is 49.1 Å². The number of nitrogens with zero attached hydrogens (tertiary/aromatic N) is 4. The van der Waals surface area contributed by atoms with Crippen molar-refractivity contribution >= 4 is 11.8 Å². The summed E-state index contributed by atoms with van der Waals surface area (Å²) < 4.78 is 0. The number of carbonyl (C=O) groups excluding carboxylic acids is 2. The second kappa shape index (κ2) is 6.86. The molecule has 2 amide bonds. The first-order chi connectivity index (χ1) is 12.7. The predicted molar refractivity (Wildman–Crippen MR) is 96.1 cm³/mol. The van der Waals surface area contributed by atoms with E-state index in [2.05, 4.69) is 9.97 Å². The number of likely N-dealkylation sites (tertiary alicyclic amines) is 2. The zero-order chi connectivity index (χ0) is 18.0. The number of aromatic nitrogens is 2. The SMILES string of the molecule is O=C(c1ccccn1)N1CCC[C@@]2(CCN(Cc3ccncc3)C2=O)C1. The molecule has 0 N–H and O–H groups in total. The Hall–Kier alpha value is -2.76. The number of carbonyl (C=O) groups is 2. The monoisotopic (exact) mass is 350 g/mol. The Labute approximate surface area is 152 Å². The minimum atomic E-state index is -0.435. The molecule has 2 aromatic rings. The topological polar surface area (TPSA) is 66.4 Å². The maximum Gasteiger partial charge on any atom is 0.272 e. The van der Waals surface area contributed by atoms with Crippen molar-refractivity contribution < 1.29 is 9.59 Å². The Morgan fingerprint density at radius 3 is 2.69 bits per heavy atom. The molecule has 2 saturated heterocycles.